The maximum Gasteiger partial charge on any atom is 0.319 e. The van der Waals surface area contributed by atoms with E-state index >= 15 is 0 Å². The molecule has 0 bridgehead atoms. The van der Waals surface area contributed by atoms with Crippen LogP contribution in [0.2, 0.25) is 0 Å². The Balaban J connectivity index is 1.98. The first-order chi connectivity index (χ1) is 12.7. The van der Waals surface area contributed by atoms with Gasteiger partial charge in [0.05, 0.1) is 7.11 Å². The topological polar surface area (TPSA) is 74.3 Å². The summed E-state index contributed by atoms with van der Waals surface area (Å²) in [6.07, 6.45) is 3.42. The quantitative estimate of drug-likeness (QED) is 0.739. The molecule has 0 radical (unpaired) electrons. The van der Waals surface area contributed by atoms with Crippen LogP contribution >= 0.6 is 0 Å². The number of methoxy groups -OCH3 is 1. The van der Waals surface area contributed by atoms with Crippen LogP contribution in [-0.4, -0.2) is 42.4 Å². The van der Waals surface area contributed by atoms with Gasteiger partial charge in [-0.15, -0.1) is 0 Å². The fourth-order valence-electron chi connectivity index (χ4n) is 5.46. The first kappa shape index (κ1) is 17.6. The zero-order chi connectivity index (χ0) is 18.3. The minimum atomic E-state index is -0.772. The van der Waals surface area contributed by atoms with Gasteiger partial charge in [-0.25, -0.2) is 0 Å². The molecule has 1 saturated carbocycles. The van der Waals surface area contributed by atoms with E-state index in [0.717, 1.165) is 37.0 Å². The predicted octanol–water partition coefficient (Wildman–Crippen LogP) is 2.52. The number of esters is 1. The number of hydrogen-bond acceptors (Lipinski definition) is 4. The van der Waals surface area contributed by atoms with Gasteiger partial charge < -0.3 is 20.1 Å². The molecule has 0 unspecified atom stereocenters. The van der Waals surface area contributed by atoms with Crippen LogP contribution in [0.3, 0.4) is 0 Å². The maximum atomic E-state index is 13.3. The van der Waals surface area contributed by atoms with Crippen LogP contribution in [0.4, 0.5) is 0 Å². The number of H-pyrrole nitrogens is 1. The number of para-hydroxylation sites is 1. The summed E-state index contributed by atoms with van der Waals surface area (Å²) in [5.74, 6) is 0.244. The molecule has 26 heavy (non-hydrogen) atoms. The van der Waals surface area contributed by atoms with Gasteiger partial charge in [-0.05, 0) is 49.3 Å². The summed E-state index contributed by atoms with van der Waals surface area (Å²) in [6.45, 7) is 3.13. The lowest BCUT2D eigenvalue weighted by Crippen LogP contribution is -2.61. The number of hydrogen-bond donors (Lipinski definition) is 3. The molecule has 2 heterocycles. The summed E-state index contributed by atoms with van der Waals surface area (Å²) in [6, 6.07) is 8.28. The second kappa shape index (κ2) is 6.71. The molecule has 1 aromatic heterocycles. The SMILES string of the molecule is CC[C@H]1C[C@@H](CO)C[C@@]2(C(=O)OC)c3[nH]c4ccccc4c3CCN[C@@H]12. The lowest BCUT2D eigenvalue weighted by Gasteiger charge is -2.48. The van der Waals surface area contributed by atoms with Crippen molar-refractivity contribution in [3.8, 4) is 0 Å². The summed E-state index contributed by atoms with van der Waals surface area (Å²) < 4.78 is 5.36. The summed E-state index contributed by atoms with van der Waals surface area (Å²) in [7, 11) is 1.48. The van der Waals surface area contributed by atoms with E-state index in [9.17, 15) is 9.90 Å². The first-order valence-electron chi connectivity index (χ1n) is 9.68. The molecule has 1 fully saturated rings. The normalized spacial score (nSPS) is 31.1. The molecule has 4 rings (SSSR count). The second-order valence-electron chi connectivity index (χ2n) is 7.83. The highest BCUT2D eigenvalue weighted by Crippen LogP contribution is 2.49. The number of nitrogens with one attached hydrogen (secondary N) is 2. The number of aromatic amines is 1. The molecule has 0 spiro atoms. The molecule has 2 aliphatic rings. The number of aliphatic hydroxyl groups is 1. The van der Waals surface area contributed by atoms with Crippen molar-refractivity contribution in [3.05, 3.63) is 35.5 Å². The Kier molecular flexibility index (Phi) is 4.53. The van der Waals surface area contributed by atoms with Crippen molar-refractivity contribution in [1.29, 1.82) is 0 Å². The van der Waals surface area contributed by atoms with Crippen LogP contribution in [0.15, 0.2) is 24.3 Å². The molecular formula is C21H28N2O3. The van der Waals surface area contributed by atoms with Crippen molar-refractivity contribution in [2.75, 3.05) is 20.3 Å². The number of rotatable bonds is 3. The summed E-state index contributed by atoms with van der Waals surface area (Å²) >= 11 is 0. The molecule has 4 atom stereocenters. The van der Waals surface area contributed by atoms with E-state index < -0.39 is 5.41 Å². The van der Waals surface area contributed by atoms with Crippen LogP contribution in [0.5, 0.6) is 0 Å². The molecule has 1 aliphatic carbocycles. The molecule has 3 N–H and O–H groups in total. The molecule has 1 aromatic carbocycles. The largest absolute Gasteiger partial charge is 0.468 e. The number of carbonyl (C=O) groups is 1. The molecule has 1 aliphatic heterocycles. The molecule has 5 heteroatoms. The summed E-state index contributed by atoms with van der Waals surface area (Å²) in [4.78, 5) is 16.9. The van der Waals surface area contributed by atoms with E-state index in [1.54, 1.807) is 0 Å². The Morgan fingerprint density at radius 1 is 1.38 bits per heavy atom. The highest BCUT2D eigenvalue weighted by Gasteiger charge is 2.57. The number of fused-ring (bicyclic) bond motifs is 5. The maximum absolute atomic E-state index is 13.3. The minimum absolute atomic E-state index is 0.0251. The minimum Gasteiger partial charge on any atom is -0.468 e. The van der Waals surface area contributed by atoms with Crippen molar-refractivity contribution >= 4 is 16.9 Å². The second-order valence-corrected chi connectivity index (χ2v) is 7.83. The Morgan fingerprint density at radius 3 is 2.92 bits per heavy atom. The van der Waals surface area contributed by atoms with Gasteiger partial charge in [-0.1, -0.05) is 31.5 Å². The van der Waals surface area contributed by atoms with Crippen LogP contribution in [0.1, 0.15) is 37.4 Å². The highest BCUT2D eigenvalue weighted by atomic mass is 16.5. The van der Waals surface area contributed by atoms with Gasteiger partial charge in [0.25, 0.3) is 0 Å². The fraction of sp³-hybridized carbons (Fsp3) is 0.571. The average Bonchev–Trinajstić information content (AvgIpc) is 2.97. The molecular weight excluding hydrogens is 328 g/mol. The summed E-state index contributed by atoms with van der Waals surface area (Å²) in [5.41, 5.74) is 2.51. The smallest absolute Gasteiger partial charge is 0.319 e. The Labute approximate surface area is 154 Å². The van der Waals surface area contributed by atoms with Crippen LogP contribution in [0, 0.1) is 11.8 Å². The Bertz CT molecular complexity index is 815. The van der Waals surface area contributed by atoms with E-state index in [1.165, 1.54) is 18.1 Å². The van der Waals surface area contributed by atoms with Gasteiger partial charge >= 0.3 is 5.97 Å². The Morgan fingerprint density at radius 2 is 2.19 bits per heavy atom. The molecule has 2 aromatic rings. The van der Waals surface area contributed by atoms with Gasteiger partial charge in [0.15, 0.2) is 0 Å². The third kappa shape index (κ3) is 2.41. The van der Waals surface area contributed by atoms with Crippen molar-refractivity contribution in [2.24, 2.45) is 11.8 Å². The zero-order valence-corrected chi connectivity index (χ0v) is 15.5. The average molecular weight is 356 g/mol. The molecule has 140 valence electrons. The number of aliphatic hydroxyl groups excluding tert-OH is 1. The molecule has 5 nitrogen and oxygen atoms in total. The number of ether oxygens (including phenoxy) is 1. The van der Waals surface area contributed by atoms with Gasteiger partial charge in [0.2, 0.25) is 0 Å². The first-order valence-corrected chi connectivity index (χ1v) is 9.68. The standard InChI is InChI=1S/C21H28N2O3/c1-3-14-10-13(12-24)11-21(20(25)26-2)18(14)22-9-8-16-15-6-4-5-7-17(15)23-19(16)21/h4-7,13-14,18,22-24H,3,8-12H2,1-2H3/t13-,14+,18+,21+/m1/s1. The van der Waals surface area contributed by atoms with E-state index in [2.05, 4.69) is 29.4 Å². The predicted molar refractivity (Wildman–Crippen MR) is 101 cm³/mol. The van der Waals surface area contributed by atoms with Gasteiger partial charge in [0, 0.05) is 29.2 Å². The van der Waals surface area contributed by atoms with Crippen LogP contribution < -0.4 is 5.32 Å². The van der Waals surface area contributed by atoms with E-state index in [4.69, 9.17) is 4.74 Å². The lowest BCUT2D eigenvalue weighted by atomic mass is 9.59. The van der Waals surface area contributed by atoms with Crippen molar-refractivity contribution in [2.45, 2.75) is 44.1 Å². The fourth-order valence-corrected chi connectivity index (χ4v) is 5.46. The monoisotopic (exact) mass is 356 g/mol. The van der Waals surface area contributed by atoms with E-state index in [-0.39, 0.29) is 24.5 Å². The number of carbonyl (C=O) groups excluding carboxylic acids is 1. The van der Waals surface area contributed by atoms with Crippen LogP contribution in [-0.2, 0) is 21.4 Å². The van der Waals surface area contributed by atoms with E-state index in [0.29, 0.717) is 12.3 Å². The number of aromatic nitrogens is 1. The van der Waals surface area contributed by atoms with Crippen LogP contribution in [0.25, 0.3) is 10.9 Å². The van der Waals surface area contributed by atoms with Gasteiger partial charge in [0.1, 0.15) is 5.41 Å². The lowest BCUT2D eigenvalue weighted by molar-refractivity contribution is -0.153. The number of benzene rings is 1. The molecule has 0 amide bonds. The highest BCUT2D eigenvalue weighted by molar-refractivity contribution is 5.91. The van der Waals surface area contributed by atoms with Crippen molar-refractivity contribution in [3.63, 3.8) is 0 Å². The molecule has 0 saturated heterocycles. The Hall–Kier alpha value is -1.85. The third-order valence-electron chi connectivity index (χ3n) is 6.58. The van der Waals surface area contributed by atoms with Crippen molar-refractivity contribution in [1.82, 2.24) is 10.3 Å². The summed E-state index contributed by atoms with van der Waals surface area (Å²) in [5, 5.41) is 14.8. The van der Waals surface area contributed by atoms with E-state index in [1.807, 2.05) is 12.1 Å². The third-order valence-corrected chi connectivity index (χ3v) is 6.58. The van der Waals surface area contributed by atoms with Crippen molar-refractivity contribution < 1.29 is 14.6 Å². The van der Waals surface area contributed by atoms with Gasteiger partial charge in [-0.2, -0.15) is 0 Å². The zero-order valence-electron chi connectivity index (χ0n) is 15.5. The van der Waals surface area contributed by atoms with Gasteiger partial charge in [-0.3, -0.25) is 4.79 Å².